The molecule has 0 bridgehead atoms. The van der Waals surface area contributed by atoms with Crippen molar-refractivity contribution in [1.29, 1.82) is 0 Å². The summed E-state index contributed by atoms with van der Waals surface area (Å²) in [7, 11) is 1.60. The third-order valence-electron chi connectivity index (χ3n) is 2.83. The van der Waals surface area contributed by atoms with Crippen LogP contribution in [-0.2, 0) is 0 Å². The Balaban J connectivity index is 1.86. The van der Waals surface area contributed by atoms with E-state index in [4.69, 9.17) is 17.0 Å². The molecule has 0 saturated carbocycles. The van der Waals surface area contributed by atoms with Gasteiger partial charge in [0.1, 0.15) is 5.75 Å². The summed E-state index contributed by atoms with van der Waals surface area (Å²) in [6.07, 6.45) is 1.52. The van der Waals surface area contributed by atoms with Crippen LogP contribution in [0.1, 0.15) is 5.56 Å². The lowest BCUT2D eigenvalue weighted by molar-refractivity contribution is -0.384. The van der Waals surface area contributed by atoms with Crippen LogP contribution in [0.4, 0.5) is 11.4 Å². The normalized spacial score (nSPS) is 10.3. The number of non-ortho nitro benzene ring substituents is 1. The second kappa shape index (κ2) is 7.85. The van der Waals surface area contributed by atoms with Crippen LogP contribution < -0.4 is 15.5 Å². The SMILES string of the molecule is COc1ccc(NC(=S)N/N=C\c2ccc([N+](=O)[O-])cc2)cc1. The molecule has 0 fully saturated rings. The number of nitro groups is 1. The number of nitrogens with one attached hydrogen (secondary N) is 2. The van der Waals surface area contributed by atoms with Crippen LogP contribution in [0.5, 0.6) is 5.75 Å². The molecule has 0 amide bonds. The molecule has 0 aliphatic rings. The van der Waals surface area contributed by atoms with Gasteiger partial charge in [0.25, 0.3) is 5.69 Å². The zero-order valence-corrected chi connectivity index (χ0v) is 13.0. The van der Waals surface area contributed by atoms with Crippen molar-refractivity contribution in [2.75, 3.05) is 12.4 Å². The maximum absolute atomic E-state index is 10.6. The summed E-state index contributed by atoms with van der Waals surface area (Å²) in [6.45, 7) is 0. The largest absolute Gasteiger partial charge is 0.497 e. The van der Waals surface area contributed by atoms with Gasteiger partial charge in [0, 0.05) is 17.8 Å². The van der Waals surface area contributed by atoms with E-state index in [0.717, 1.165) is 17.0 Å². The van der Waals surface area contributed by atoms with Crippen LogP contribution in [-0.4, -0.2) is 23.4 Å². The number of hydrazone groups is 1. The number of thiocarbonyl (C=S) groups is 1. The highest BCUT2D eigenvalue weighted by Crippen LogP contribution is 2.14. The number of anilines is 1. The summed E-state index contributed by atoms with van der Waals surface area (Å²) in [5.41, 5.74) is 4.22. The number of nitrogens with zero attached hydrogens (tertiary/aromatic N) is 2. The van der Waals surface area contributed by atoms with E-state index < -0.39 is 4.92 Å². The van der Waals surface area contributed by atoms with Crippen LogP contribution in [0.3, 0.4) is 0 Å². The Labute approximate surface area is 138 Å². The van der Waals surface area contributed by atoms with Crippen LogP contribution in [0, 0.1) is 10.1 Å². The quantitative estimate of drug-likeness (QED) is 0.379. The minimum Gasteiger partial charge on any atom is -0.497 e. The Hall–Kier alpha value is -3.00. The van der Waals surface area contributed by atoms with Gasteiger partial charge in [0.2, 0.25) is 0 Å². The lowest BCUT2D eigenvalue weighted by Gasteiger charge is -2.07. The summed E-state index contributed by atoms with van der Waals surface area (Å²) < 4.78 is 5.07. The molecule has 2 N–H and O–H groups in total. The smallest absolute Gasteiger partial charge is 0.269 e. The average molecular weight is 330 g/mol. The van der Waals surface area contributed by atoms with Crippen molar-refractivity contribution in [3.8, 4) is 5.75 Å². The van der Waals surface area contributed by atoms with Crippen molar-refractivity contribution >= 4 is 34.9 Å². The van der Waals surface area contributed by atoms with E-state index in [9.17, 15) is 10.1 Å². The van der Waals surface area contributed by atoms with Gasteiger partial charge < -0.3 is 10.1 Å². The molecule has 0 aromatic heterocycles. The maximum atomic E-state index is 10.6. The molecule has 0 aliphatic carbocycles. The van der Waals surface area contributed by atoms with Crippen molar-refractivity contribution in [2.45, 2.75) is 0 Å². The molecule has 0 unspecified atom stereocenters. The molecule has 0 spiro atoms. The van der Waals surface area contributed by atoms with E-state index >= 15 is 0 Å². The summed E-state index contributed by atoms with van der Waals surface area (Å²) in [6, 6.07) is 13.3. The number of ether oxygens (including phenoxy) is 1. The van der Waals surface area contributed by atoms with Gasteiger partial charge in [0.15, 0.2) is 5.11 Å². The maximum Gasteiger partial charge on any atom is 0.269 e. The standard InChI is InChI=1S/C15H14N4O3S/c1-22-14-8-4-12(5-9-14)17-15(23)18-16-10-11-2-6-13(7-3-11)19(20)21/h2-10H,1H3,(H2,17,18,23)/b16-10-. The fourth-order valence-corrected chi connectivity index (χ4v) is 1.85. The Morgan fingerprint density at radius 3 is 2.43 bits per heavy atom. The van der Waals surface area contributed by atoms with E-state index in [2.05, 4.69) is 15.8 Å². The first kappa shape index (κ1) is 16.4. The van der Waals surface area contributed by atoms with E-state index in [1.165, 1.54) is 18.3 Å². The molecule has 0 atom stereocenters. The number of hydrogen-bond acceptors (Lipinski definition) is 5. The molecular formula is C15H14N4O3S. The molecule has 0 radical (unpaired) electrons. The van der Waals surface area contributed by atoms with Crippen LogP contribution in [0.25, 0.3) is 0 Å². The van der Waals surface area contributed by atoms with Gasteiger partial charge in [-0.1, -0.05) is 0 Å². The Bertz CT molecular complexity index is 715. The van der Waals surface area contributed by atoms with Crippen molar-refractivity contribution in [1.82, 2.24) is 5.43 Å². The van der Waals surface area contributed by atoms with Crippen LogP contribution >= 0.6 is 12.2 Å². The molecule has 118 valence electrons. The van der Waals surface area contributed by atoms with E-state index in [1.807, 2.05) is 24.3 Å². The first-order valence-corrected chi connectivity index (χ1v) is 6.98. The van der Waals surface area contributed by atoms with Gasteiger partial charge >= 0.3 is 0 Å². The number of benzene rings is 2. The molecule has 8 heteroatoms. The second-order valence-corrected chi connectivity index (χ2v) is 4.81. The van der Waals surface area contributed by atoms with E-state index in [-0.39, 0.29) is 5.69 Å². The first-order chi connectivity index (χ1) is 11.1. The Morgan fingerprint density at radius 2 is 1.87 bits per heavy atom. The zero-order valence-electron chi connectivity index (χ0n) is 12.2. The lowest BCUT2D eigenvalue weighted by atomic mass is 10.2. The minimum absolute atomic E-state index is 0.0341. The van der Waals surface area contributed by atoms with Crippen molar-refractivity contribution in [3.05, 3.63) is 64.2 Å². The van der Waals surface area contributed by atoms with Gasteiger partial charge in [-0.3, -0.25) is 15.5 Å². The van der Waals surface area contributed by atoms with Crippen LogP contribution in [0.15, 0.2) is 53.6 Å². The van der Waals surface area contributed by atoms with Gasteiger partial charge in [-0.2, -0.15) is 5.10 Å². The van der Waals surface area contributed by atoms with Gasteiger partial charge in [-0.25, -0.2) is 0 Å². The molecule has 0 aliphatic heterocycles. The topological polar surface area (TPSA) is 88.8 Å². The van der Waals surface area contributed by atoms with Crippen molar-refractivity contribution in [3.63, 3.8) is 0 Å². The van der Waals surface area contributed by atoms with E-state index in [0.29, 0.717) is 5.11 Å². The summed E-state index contributed by atoms with van der Waals surface area (Å²) >= 11 is 5.11. The molecule has 2 aromatic rings. The summed E-state index contributed by atoms with van der Waals surface area (Å²) in [5.74, 6) is 0.755. The number of nitro benzene ring substituents is 1. The van der Waals surface area contributed by atoms with E-state index in [1.54, 1.807) is 19.2 Å². The third-order valence-corrected chi connectivity index (χ3v) is 3.02. The van der Waals surface area contributed by atoms with Gasteiger partial charge in [0.05, 0.1) is 18.2 Å². The number of rotatable bonds is 5. The number of hydrogen-bond donors (Lipinski definition) is 2. The highest BCUT2D eigenvalue weighted by molar-refractivity contribution is 7.80. The molecule has 0 heterocycles. The Morgan fingerprint density at radius 1 is 1.22 bits per heavy atom. The monoisotopic (exact) mass is 330 g/mol. The third kappa shape index (κ3) is 5.04. The summed E-state index contributed by atoms with van der Waals surface area (Å²) in [5, 5.41) is 17.8. The number of methoxy groups -OCH3 is 1. The predicted octanol–water partition coefficient (Wildman–Crippen LogP) is 2.92. The summed E-state index contributed by atoms with van der Waals surface area (Å²) in [4.78, 5) is 10.1. The van der Waals surface area contributed by atoms with Gasteiger partial charge in [-0.15, -0.1) is 0 Å². The predicted molar refractivity (Wildman–Crippen MR) is 93.0 cm³/mol. The van der Waals surface area contributed by atoms with Crippen molar-refractivity contribution in [2.24, 2.45) is 5.10 Å². The Kier molecular flexibility index (Phi) is 5.59. The lowest BCUT2D eigenvalue weighted by Crippen LogP contribution is -2.23. The zero-order chi connectivity index (χ0) is 16.7. The molecule has 2 rings (SSSR count). The first-order valence-electron chi connectivity index (χ1n) is 6.57. The molecule has 0 saturated heterocycles. The molecular weight excluding hydrogens is 316 g/mol. The highest BCUT2D eigenvalue weighted by Gasteiger charge is 2.02. The van der Waals surface area contributed by atoms with Gasteiger partial charge in [-0.05, 0) is 54.2 Å². The van der Waals surface area contributed by atoms with Crippen molar-refractivity contribution < 1.29 is 9.66 Å². The fraction of sp³-hybridized carbons (Fsp3) is 0.0667. The second-order valence-electron chi connectivity index (χ2n) is 4.40. The minimum atomic E-state index is -0.451. The average Bonchev–Trinajstić information content (AvgIpc) is 2.56. The highest BCUT2D eigenvalue weighted by atomic mass is 32.1. The molecule has 7 nitrogen and oxygen atoms in total. The fourth-order valence-electron chi connectivity index (χ4n) is 1.68. The molecule has 23 heavy (non-hydrogen) atoms. The molecule has 2 aromatic carbocycles. The van der Waals surface area contributed by atoms with Crippen LogP contribution in [0.2, 0.25) is 0 Å².